The average Bonchev–Trinajstić information content (AvgIpc) is 2.69. The second-order valence-corrected chi connectivity index (χ2v) is 5.86. The van der Waals surface area contributed by atoms with Crippen molar-refractivity contribution < 1.29 is 19.1 Å². The predicted molar refractivity (Wildman–Crippen MR) is 98.7 cm³/mol. The van der Waals surface area contributed by atoms with Gasteiger partial charge in [0.15, 0.2) is 0 Å². The summed E-state index contributed by atoms with van der Waals surface area (Å²) in [4.78, 5) is 27.0. The van der Waals surface area contributed by atoms with Crippen LogP contribution in [0.1, 0.15) is 27.6 Å². The number of ether oxygens (including phenoxy) is 2. The molecule has 136 valence electrons. The number of para-hydroxylation sites is 1. The highest BCUT2D eigenvalue weighted by atomic mass is 16.5. The van der Waals surface area contributed by atoms with Gasteiger partial charge in [0.1, 0.15) is 5.75 Å². The van der Waals surface area contributed by atoms with Crippen molar-refractivity contribution in [2.45, 2.75) is 6.92 Å². The molecule has 2 aromatic carbocycles. The number of nitrogens with zero attached hydrogens (tertiary/aromatic N) is 1. The second-order valence-electron chi connectivity index (χ2n) is 5.86. The van der Waals surface area contributed by atoms with Gasteiger partial charge >= 0.3 is 0 Å². The Morgan fingerprint density at radius 1 is 1.08 bits per heavy atom. The monoisotopic (exact) mass is 354 g/mol. The summed E-state index contributed by atoms with van der Waals surface area (Å²) in [6.07, 6.45) is 0. The van der Waals surface area contributed by atoms with Crippen LogP contribution in [0, 0.1) is 0 Å². The number of benzene rings is 2. The number of hydrogen-bond acceptors (Lipinski definition) is 4. The minimum absolute atomic E-state index is 0.101. The van der Waals surface area contributed by atoms with Crippen LogP contribution in [0.3, 0.4) is 0 Å². The van der Waals surface area contributed by atoms with Crippen molar-refractivity contribution in [2.75, 3.05) is 38.2 Å². The summed E-state index contributed by atoms with van der Waals surface area (Å²) in [5.41, 5.74) is 1.48. The lowest BCUT2D eigenvalue weighted by Crippen LogP contribution is -2.41. The fourth-order valence-electron chi connectivity index (χ4n) is 2.78. The predicted octanol–water partition coefficient (Wildman–Crippen LogP) is 2.81. The molecule has 6 nitrogen and oxygen atoms in total. The fraction of sp³-hybridized carbons (Fsp3) is 0.300. The van der Waals surface area contributed by atoms with Crippen molar-refractivity contribution in [1.82, 2.24) is 4.90 Å². The normalized spacial score (nSPS) is 14.0. The summed E-state index contributed by atoms with van der Waals surface area (Å²) in [6, 6.07) is 14.0. The molecule has 1 aliphatic rings. The van der Waals surface area contributed by atoms with Crippen LogP contribution in [0.15, 0.2) is 48.5 Å². The molecule has 1 heterocycles. The van der Waals surface area contributed by atoms with E-state index in [2.05, 4.69) is 5.32 Å². The van der Waals surface area contributed by atoms with Crippen molar-refractivity contribution >= 4 is 17.5 Å². The molecule has 0 radical (unpaired) electrons. The molecule has 0 unspecified atom stereocenters. The molecule has 2 amide bonds. The fourth-order valence-corrected chi connectivity index (χ4v) is 2.78. The van der Waals surface area contributed by atoms with Crippen LogP contribution in [0.25, 0.3) is 0 Å². The van der Waals surface area contributed by atoms with Crippen LogP contribution < -0.4 is 10.1 Å². The Balaban J connectivity index is 1.75. The topological polar surface area (TPSA) is 67.9 Å². The van der Waals surface area contributed by atoms with Crippen LogP contribution in [0.2, 0.25) is 0 Å². The van der Waals surface area contributed by atoms with E-state index in [0.717, 1.165) is 0 Å². The van der Waals surface area contributed by atoms with Gasteiger partial charge in [-0.2, -0.15) is 0 Å². The Bertz CT molecular complexity index is 768. The van der Waals surface area contributed by atoms with E-state index >= 15 is 0 Å². The van der Waals surface area contributed by atoms with Gasteiger partial charge in [0, 0.05) is 18.7 Å². The largest absolute Gasteiger partial charge is 0.494 e. The highest BCUT2D eigenvalue weighted by molar-refractivity contribution is 6.09. The third-order valence-electron chi connectivity index (χ3n) is 4.13. The van der Waals surface area contributed by atoms with Crippen LogP contribution in [0.5, 0.6) is 5.75 Å². The molecule has 2 aromatic rings. The second kappa shape index (κ2) is 8.49. The van der Waals surface area contributed by atoms with Gasteiger partial charge in [-0.25, -0.2) is 0 Å². The standard InChI is InChI=1S/C20H22N2O4/c1-2-26-16-9-7-15(8-10-16)19(23)21-18-6-4-3-5-17(18)20(24)22-11-13-25-14-12-22/h3-10H,2,11-14H2,1H3,(H,21,23). The number of nitrogens with one attached hydrogen (secondary N) is 1. The molecule has 0 saturated carbocycles. The van der Waals surface area contributed by atoms with Crippen molar-refractivity contribution in [2.24, 2.45) is 0 Å². The smallest absolute Gasteiger partial charge is 0.256 e. The van der Waals surface area contributed by atoms with Gasteiger partial charge in [0.05, 0.1) is 31.1 Å². The Morgan fingerprint density at radius 2 is 1.77 bits per heavy atom. The quantitative estimate of drug-likeness (QED) is 0.897. The lowest BCUT2D eigenvalue weighted by molar-refractivity contribution is 0.0303. The van der Waals surface area contributed by atoms with Crippen molar-refractivity contribution in [3.05, 3.63) is 59.7 Å². The highest BCUT2D eigenvalue weighted by Gasteiger charge is 2.21. The van der Waals surface area contributed by atoms with Crippen LogP contribution in [0.4, 0.5) is 5.69 Å². The summed E-state index contributed by atoms with van der Waals surface area (Å²) in [6.45, 7) is 4.66. The van der Waals surface area contributed by atoms with Gasteiger partial charge in [0.25, 0.3) is 11.8 Å². The molecule has 26 heavy (non-hydrogen) atoms. The maximum absolute atomic E-state index is 12.8. The zero-order valence-electron chi connectivity index (χ0n) is 14.7. The molecule has 1 saturated heterocycles. The van der Waals surface area contributed by atoms with E-state index in [9.17, 15) is 9.59 Å². The van der Waals surface area contributed by atoms with Crippen molar-refractivity contribution in [1.29, 1.82) is 0 Å². The van der Waals surface area contributed by atoms with E-state index in [1.165, 1.54) is 0 Å². The first kappa shape index (κ1) is 17.9. The first-order chi connectivity index (χ1) is 12.7. The zero-order chi connectivity index (χ0) is 18.4. The van der Waals surface area contributed by atoms with Gasteiger partial charge in [-0.05, 0) is 43.3 Å². The molecule has 1 aliphatic heterocycles. The van der Waals surface area contributed by atoms with Crippen molar-refractivity contribution in [3.63, 3.8) is 0 Å². The van der Waals surface area contributed by atoms with Crippen LogP contribution in [-0.4, -0.2) is 49.6 Å². The van der Waals surface area contributed by atoms with E-state index < -0.39 is 0 Å². The number of hydrogen-bond donors (Lipinski definition) is 1. The van der Waals surface area contributed by atoms with E-state index in [0.29, 0.717) is 55.5 Å². The number of carbonyl (C=O) groups excluding carboxylic acids is 2. The van der Waals surface area contributed by atoms with Gasteiger partial charge in [0.2, 0.25) is 0 Å². The molecule has 0 spiro atoms. The summed E-state index contributed by atoms with van der Waals surface area (Å²) in [7, 11) is 0. The molecular formula is C20H22N2O4. The third kappa shape index (κ3) is 4.21. The van der Waals surface area contributed by atoms with E-state index in [1.54, 1.807) is 53.4 Å². The maximum Gasteiger partial charge on any atom is 0.256 e. The summed E-state index contributed by atoms with van der Waals surface area (Å²) in [5, 5.41) is 2.84. The Kier molecular flexibility index (Phi) is 5.86. The van der Waals surface area contributed by atoms with E-state index in [4.69, 9.17) is 9.47 Å². The number of carbonyl (C=O) groups is 2. The van der Waals surface area contributed by atoms with Gasteiger partial charge in [-0.15, -0.1) is 0 Å². The highest BCUT2D eigenvalue weighted by Crippen LogP contribution is 2.20. The number of anilines is 1. The maximum atomic E-state index is 12.8. The average molecular weight is 354 g/mol. The third-order valence-corrected chi connectivity index (χ3v) is 4.13. The van der Waals surface area contributed by atoms with Crippen molar-refractivity contribution in [3.8, 4) is 5.75 Å². The molecule has 0 aromatic heterocycles. The molecule has 0 aliphatic carbocycles. The van der Waals surface area contributed by atoms with Gasteiger partial charge < -0.3 is 19.7 Å². The first-order valence-corrected chi connectivity index (χ1v) is 8.69. The Morgan fingerprint density at radius 3 is 2.46 bits per heavy atom. The Hall–Kier alpha value is -2.86. The lowest BCUT2D eigenvalue weighted by Gasteiger charge is -2.27. The molecule has 0 atom stereocenters. The number of morpholine rings is 1. The summed E-state index contributed by atoms with van der Waals surface area (Å²) < 4.78 is 10.7. The van der Waals surface area contributed by atoms with E-state index in [-0.39, 0.29) is 11.8 Å². The number of rotatable bonds is 5. The van der Waals surface area contributed by atoms with E-state index in [1.807, 2.05) is 6.92 Å². The zero-order valence-corrected chi connectivity index (χ0v) is 14.7. The molecule has 3 rings (SSSR count). The minimum atomic E-state index is -0.268. The molecule has 6 heteroatoms. The summed E-state index contributed by atoms with van der Waals surface area (Å²) >= 11 is 0. The van der Waals surface area contributed by atoms with Crippen LogP contribution in [-0.2, 0) is 4.74 Å². The molecule has 1 N–H and O–H groups in total. The summed E-state index contributed by atoms with van der Waals surface area (Å²) in [5.74, 6) is 0.345. The van der Waals surface area contributed by atoms with Gasteiger partial charge in [-0.3, -0.25) is 9.59 Å². The first-order valence-electron chi connectivity index (χ1n) is 8.69. The number of amides is 2. The molecule has 1 fully saturated rings. The van der Waals surface area contributed by atoms with Gasteiger partial charge in [-0.1, -0.05) is 12.1 Å². The molecule has 0 bridgehead atoms. The molecular weight excluding hydrogens is 332 g/mol. The minimum Gasteiger partial charge on any atom is -0.494 e. The Labute approximate surface area is 152 Å². The lowest BCUT2D eigenvalue weighted by atomic mass is 10.1. The SMILES string of the molecule is CCOc1ccc(C(=O)Nc2ccccc2C(=O)N2CCOCC2)cc1. The van der Waals surface area contributed by atoms with Crippen LogP contribution >= 0.6 is 0 Å².